The molecule has 2 aromatic rings. The van der Waals surface area contributed by atoms with Crippen molar-refractivity contribution in [1.82, 2.24) is 4.98 Å². The Morgan fingerprint density at radius 1 is 1.32 bits per heavy atom. The van der Waals surface area contributed by atoms with Crippen molar-refractivity contribution >= 4 is 22.4 Å². The van der Waals surface area contributed by atoms with E-state index >= 15 is 0 Å². The molecule has 4 heteroatoms. The summed E-state index contributed by atoms with van der Waals surface area (Å²) in [5.41, 5.74) is 2.53. The first kappa shape index (κ1) is 15.0. The highest BCUT2D eigenvalue weighted by Gasteiger charge is 2.19. The van der Waals surface area contributed by atoms with Crippen molar-refractivity contribution in [2.75, 3.05) is 5.32 Å². The number of hydrogen-bond acceptors (Lipinski definition) is 3. The van der Waals surface area contributed by atoms with Gasteiger partial charge in [0, 0.05) is 23.4 Å². The van der Waals surface area contributed by atoms with Crippen LogP contribution in [0.1, 0.15) is 35.3 Å². The maximum absolute atomic E-state index is 12.2. The van der Waals surface area contributed by atoms with Crippen LogP contribution in [0.5, 0.6) is 0 Å². The van der Waals surface area contributed by atoms with Crippen molar-refractivity contribution in [2.45, 2.75) is 32.6 Å². The van der Waals surface area contributed by atoms with Gasteiger partial charge in [-0.25, -0.2) is 4.98 Å². The van der Waals surface area contributed by atoms with Crippen molar-refractivity contribution in [1.29, 1.82) is 0 Å². The number of allylic oxidation sites excluding steroid dienone is 2. The van der Waals surface area contributed by atoms with E-state index in [1.165, 1.54) is 16.0 Å². The normalized spacial score (nSPS) is 17.4. The summed E-state index contributed by atoms with van der Waals surface area (Å²) in [5, 5.41) is 3.67. The van der Waals surface area contributed by atoms with Gasteiger partial charge in [-0.05, 0) is 31.7 Å². The lowest BCUT2D eigenvalue weighted by Gasteiger charge is -2.15. The summed E-state index contributed by atoms with van der Waals surface area (Å²) in [4.78, 5) is 17.7. The molecule has 3 rings (SSSR count). The van der Waals surface area contributed by atoms with E-state index in [-0.39, 0.29) is 11.8 Å². The third-order valence-corrected chi connectivity index (χ3v) is 4.84. The van der Waals surface area contributed by atoms with Crippen LogP contribution in [-0.2, 0) is 11.2 Å². The predicted molar refractivity (Wildman–Crippen MR) is 91.2 cm³/mol. The molecule has 0 saturated heterocycles. The Labute approximate surface area is 135 Å². The monoisotopic (exact) mass is 312 g/mol. The Balaban J connectivity index is 1.60. The van der Waals surface area contributed by atoms with Gasteiger partial charge < -0.3 is 5.32 Å². The number of aryl methyl sites for hydroxylation is 1. The molecule has 1 N–H and O–H groups in total. The van der Waals surface area contributed by atoms with Gasteiger partial charge in [0.1, 0.15) is 0 Å². The lowest BCUT2D eigenvalue weighted by atomic mass is 9.94. The molecule has 0 aliphatic heterocycles. The maximum atomic E-state index is 12.2. The summed E-state index contributed by atoms with van der Waals surface area (Å²) < 4.78 is 0. The first-order valence-electron chi connectivity index (χ1n) is 7.67. The second-order valence-electron chi connectivity index (χ2n) is 5.76. The number of hydrogen-bond donors (Lipinski definition) is 1. The molecule has 1 aliphatic carbocycles. The topological polar surface area (TPSA) is 42.0 Å². The molecule has 1 amide bonds. The van der Waals surface area contributed by atoms with Gasteiger partial charge in [0.15, 0.2) is 5.13 Å². The maximum Gasteiger partial charge on any atom is 0.229 e. The third kappa shape index (κ3) is 3.83. The lowest BCUT2D eigenvalue weighted by molar-refractivity contribution is -0.120. The van der Waals surface area contributed by atoms with Crippen LogP contribution >= 0.6 is 11.3 Å². The quantitative estimate of drug-likeness (QED) is 0.853. The van der Waals surface area contributed by atoms with E-state index in [0.717, 1.165) is 25.7 Å². The number of nitrogens with zero attached hydrogens (tertiary/aromatic N) is 1. The predicted octanol–water partition coefficient (Wildman–Crippen LogP) is 4.34. The summed E-state index contributed by atoms with van der Waals surface area (Å²) in [5.74, 6) is 0.190. The Kier molecular flexibility index (Phi) is 4.68. The van der Waals surface area contributed by atoms with Gasteiger partial charge in [-0.1, -0.05) is 42.0 Å². The number of aromatic nitrogens is 1. The fraction of sp³-hybridized carbons (Fsp3) is 0.333. The van der Waals surface area contributed by atoms with Gasteiger partial charge in [0.25, 0.3) is 0 Å². The molecule has 114 valence electrons. The van der Waals surface area contributed by atoms with Crippen molar-refractivity contribution < 1.29 is 4.79 Å². The smallest absolute Gasteiger partial charge is 0.229 e. The molecule has 0 fully saturated rings. The number of carbonyl (C=O) groups is 1. The van der Waals surface area contributed by atoms with Crippen LogP contribution < -0.4 is 5.32 Å². The average Bonchev–Trinajstić information content (AvgIpc) is 2.97. The van der Waals surface area contributed by atoms with E-state index in [2.05, 4.69) is 53.6 Å². The van der Waals surface area contributed by atoms with E-state index in [1.807, 2.05) is 6.20 Å². The van der Waals surface area contributed by atoms with E-state index in [0.29, 0.717) is 5.13 Å². The first-order valence-corrected chi connectivity index (χ1v) is 8.48. The zero-order valence-electron chi connectivity index (χ0n) is 12.7. The minimum Gasteiger partial charge on any atom is -0.302 e. The van der Waals surface area contributed by atoms with Crippen LogP contribution in [-0.4, -0.2) is 10.9 Å². The minimum absolute atomic E-state index is 0.0921. The molecule has 1 heterocycles. The SMILES string of the molecule is Cc1ccc(Cc2cnc(NC(=O)C3CC=CCC3)s2)cc1. The number of benzene rings is 1. The fourth-order valence-corrected chi connectivity index (χ4v) is 3.44. The summed E-state index contributed by atoms with van der Waals surface area (Å²) in [6, 6.07) is 8.52. The number of thiazole rings is 1. The molecule has 1 atom stereocenters. The van der Waals surface area contributed by atoms with Crippen molar-refractivity contribution in [3.05, 3.63) is 58.6 Å². The fourth-order valence-electron chi connectivity index (χ4n) is 2.59. The lowest BCUT2D eigenvalue weighted by Crippen LogP contribution is -2.23. The van der Waals surface area contributed by atoms with Gasteiger partial charge >= 0.3 is 0 Å². The molecular formula is C18H20N2OS. The molecule has 3 nitrogen and oxygen atoms in total. The van der Waals surface area contributed by atoms with Crippen LogP contribution in [0.4, 0.5) is 5.13 Å². The molecule has 1 aromatic carbocycles. The van der Waals surface area contributed by atoms with Crippen LogP contribution in [0.25, 0.3) is 0 Å². The second kappa shape index (κ2) is 6.88. The average molecular weight is 312 g/mol. The van der Waals surface area contributed by atoms with Crippen LogP contribution in [0, 0.1) is 12.8 Å². The van der Waals surface area contributed by atoms with Gasteiger partial charge in [-0.2, -0.15) is 0 Å². The highest BCUT2D eigenvalue weighted by atomic mass is 32.1. The molecule has 1 aliphatic rings. The molecule has 0 saturated carbocycles. The second-order valence-corrected chi connectivity index (χ2v) is 6.88. The zero-order chi connectivity index (χ0) is 15.4. The number of carbonyl (C=O) groups excluding carboxylic acids is 1. The van der Waals surface area contributed by atoms with Crippen molar-refractivity contribution in [3.63, 3.8) is 0 Å². The van der Waals surface area contributed by atoms with Gasteiger partial charge in [0.05, 0.1) is 0 Å². The van der Waals surface area contributed by atoms with E-state index in [9.17, 15) is 4.79 Å². The Morgan fingerprint density at radius 3 is 2.86 bits per heavy atom. The highest BCUT2D eigenvalue weighted by molar-refractivity contribution is 7.15. The molecule has 1 unspecified atom stereocenters. The van der Waals surface area contributed by atoms with Crippen molar-refractivity contribution in [3.8, 4) is 0 Å². The van der Waals surface area contributed by atoms with Crippen LogP contribution in [0.2, 0.25) is 0 Å². The van der Waals surface area contributed by atoms with E-state index in [1.54, 1.807) is 11.3 Å². The van der Waals surface area contributed by atoms with Gasteiger partial charge in [-0.15, -0.1) is 11.3 Å². The van der Waals surface area contributed by atoms with Crippen molar-refractivity contribution in [2.24, 2.45) is 5.92 Å². The molecule has 0 spiro atoms. The summed E-state index contributed by atoms with van der Waals surface area (Å²) in [6.07, 6.45) is 9.73. The standard InChI is InChI=1S/C18H20N2OS/c1-13-7-9-14(10-8-13)11-16-12-19-18(22-16)20-17(21)15-5-3-2-4-6-15/h2-3,7-10,12,15H,4-6,11H2,1H3,(H,19,20,21). The van der Waals surface area contributed by atoms with Crippen LogP contribution in [0.3, 0.4) is 0 Å². The number of rotatable bonds is 4. The Hall–Kier alpha value is -1.94. The number of amides is 1. The van der Waals surface area contributed by atoms with E-state index < -0.39 is 0 Å². The summed E-state index contributed by atoms with van der Waals surface area (Å²) in [6.45, 7) is 2.09. The Bertz CT molecular complexity index is 673. The summed E-state index contributed by atoms with van der Waals surface area (Å²) >= 11 is 1.56. The Morgan fingerprint density at radius 2 is 2.14 bits per heavy atom. The van der Waals surface area contributed by atoms with Crippen LogP contribution in [0.15, 0.2) is 42.6 Å². The zero-order valence-corrected chi connectivity index (χ0v) is 13.5. The summed E-state index contributed by atoms with van der Waals surface area (Å²) in [7, 11) is 0. The first-order chi connectivity index (χ1) is 10.7. The number of anilines is 1. The van der Waals surface area contributed by atoms with Gasteiger partial charge in [-0.3, -0.25) is 4.79 Å². The largest absolute Gasteiger partial charge is 0.302 e. The molecule has 0 radical (unpaired) electrons. The number of nitrogens with one attached hydrogen (secondary N) is 1. The molecular weight excluding hydrogens is 292 g/mol. The molecule has 0 bridgehead atoms. The minimum atomic E-state index is 0.0921. The molecule has 22 heavy (non-hydrogen) atoms. The third-order valence-electron chi connectivity index (χ3n) is 3.92. The molecule has 1 aromatic heterocycles. The van der Waals surface area contributed by atoms with E-state index in [4.69, 9.17) is 0 Å². The van der Waals surface area contributed by atoms with Gasteiger partial charge in [0.2, 0.25) is 5.91 Å². The highest BCUT2D eigenvalue weighted by Crippen LogP contribution is 2.24.